The monoisotopic (exact) mass is 265 g/mol. The SMILES string of the molecule is N#CC[C@H]1CC[C@H](Nc2nc(Cl)ncc2N)CC1. The molecule has 0 saturated heterocycles. The summed E-state index contributed by atoms with van der Waals surface area (Å²) >= 11 is 5.75. The Morgan fingerprint density at radius 1 is 1.44 bits per heavy atom. The molecule has 0 radical (unpaired) electrons. The first kappa shape index (κ1) is 12.9. The van der Waals surface area contributed by atoms with Crippen molar-refractivity contribution in [3.05, 3.63) is 11.5 Å². The number of halogens is 1. The highest BCUT2D eigenvalue weighted by atomic mass is 35.5. The minimum Gasteiger partial charge on any atom is -0.394 e. The predicted octanol–water partition coefficient (Wildman–Crippen LogP) is 2.60. The van der Waals surface area contributed by atoms with Crippen molar-refractivity contribution in [3.8, 4) is 6.07 Å². The molecule has 1 aliphatic rings. The summed E-state index contributed by atoms with van der Waals surface area (Å²) in [4.78, 5) is 7.91. The van der Waals surface area contributed by atoms with Crippen LogP contribution < -0.4 is 11.1 Å². The van der Waals surface area contributed by atoms with Gasteiger partial charge in [-0.3, -0.25) is 0 Å². The second kappa shape index (κ2) is 5.87. The highest BCUT2D eigenvalue weighted by Gasteiger charge is 2.21. The van der Waals surface area contributed by atoms with Crippen LogP contribution in [-0.2, 0) is 0 Å². The fraction of sp³-hybridized carbons (Fsp3) is 0.583. The Morgan fingerprint density at radius 3 is 2.83 bits per heavy atom. The van der Waals surface area contributed by atoms with Gasteiger partial charge < -0.3 is 11.1 Å². The summed E-state index contributed by atoms with van der Waals surface area (Å²) in [6.45, 7) is 0. The molecule has 6 heteroatoms. The number of anilines is 2. The number of hydrogen-bond acceptors (Lipinski definition) is 5. The van der Waals surface area contributed by atoms with E-state index >= 15 is 0 Å². The van der Waals surface area contributed by atoms with Crippen LogP contribution in [0.3, 0.4) is 0 Å². The number of nitriles is 1. The first-order valence-electron chi connectivity index (χ1n) is 6.10. The summed E-state index contributed by atoms with van der Waals surface area (Å²) in [6, 6.07) is 2.59. The van der Waals surface area contributed by atoms with E-state index in [1.54, 1.807) is 0 Å². The molecule has 1 aliphatic carbocycles. The van der Waals surface area contributed by atoms with E-state index in [2.05, 4.69) is 21.4 Å². The molecule has 18 heavy (non-hydrogen) atoms. The minimum absolute atomic E-state index is 0.199. The van der Waals surface area contributed by atoms with Crippen LogP contribution in [0.5, 0.6) is 0 Å². The van der Waals surface area contributed by atoms with Gasteiger partial charge in [0.25, 0.3) is 0 Å². The van der Waals surface area contributed by atoms with Gasteiger partial charge >= 0.3 is 0 Å². The third-order valence-electron chi connectivity index (χ3n) is 3.36. The smallest absolute Gasteiger partial charge is 0.224 e. The Kier molecular flexibility index (Phi) is 4.21. The molecule has 96 valence electrons. The van der Waals surface area contributed by atoms with Gasteiger partial charge in [0.1, 0.15) is 0 Å². The van der Waals surface area contributed by atoms with Gasteiger partial charge in [-0.1, -0.05) is 0 Å². The number of nitrogen functional groups attached to an aromatic ring is 1. The largest absolute Gasteiger partial charge is 0.394 e. The second-order valence-electron chi connectivity index (χ2n) is 4.67. The highest BCUT2D eigenvalue weighted by molar-refractivity contribution is 6.28. The van der Waals surface area contributed by atoms with Crippen LogP contribution in [0.2, 0.25) is 5.28 Å². The molecule has 2 rings (SSSR count). The van der Waals surface area contributed by atoms with Gasteiger partial charge in [-0.2, -0.15) is 10.2 Å². The molecule has 0 bridgehead atoms. The van der Waals surface area contributed by atoms with Crippen molar-refractivity contribution in [3.63, 3.8) is 0 Å². The van der Waals surface area contributed by atoms with Crippen LogP contribution in [0.4, 0.5) is 11.5 Å². The van der Waals surface area contributed by atoms with E-state index < -0.39 is 0 Å². The molecular formula is C12H16ClN5. The average molecular weight is 266 g/mol. The number of nitrogens with zero attached hydrogens (tertiary/aromatic N) is 3. The summed E-state index contributed by atoms with van der Waals surface area (Å²) < 4.78 is 0. The standard InChI is InChI=1S/C12H16ClN5/c13-12-16-7-10(15)11(18-12)17-9-3-1-8(2-4-9)5-6-14/h7-9H,1-5,15H2,(H,16,17,18)/t8-,9-. The molecule has 1 aromatic rings. The van der Waals surface area contributed by atoms with Crippen LogP contribution in [0.1, 0.15) is 32.1 Å². The first-order valence-corrected chi connectivity index (χ1v) is 6.48. The maximum absolute atomic E-state index is 8.67. The zero-order valence-electron chi connectivity index (χ0n) is 10.1. The lowest BCUT2D eigenvalue weighted by atomic mass is 9.84. The number of nitrogens with one attached hydrogen (secondary N) is 1. The van der Waals surface area contributed by atoms with E-state index in [-0.39, 0.29) is 5.28 Å². The van der Waals surface area contributed by atoms with Crippen molar-refractivity contribution >= 4 is 23.1 Å². The van der Waals surface area contributed by atoms with Gasteiger partial charge in [-0.05, 0) is 43.2 Å². The number of aromatic nitrogens is 2. The molecule has 0 amide bonds. The van der Waals surface area contributed by atoms with Gasteiger partial charge in [-0.15, -0.1) is 0 Å². The Bertz CT molecular complexity index is 448. The molecule has 0 atom stereocenters. The predicted molar refractivity (Wildman–Crippen MR) is 71.1 cm³/mol. The van der Waals surface area contributed by atoms with Crippen LogP contribution >= 0.6 is 11.6 Å². The van der Waals surface area contributed by atoms with Crippen molar-refractivity contribution in [2.24, 2.45) is 5.92 Å². The lowest BCUT2D eigenvalue weighted by Crippen LogP contribution is -2.27. The Hall–Kier alpha value is -1.54. The molecule has 0 aliphatic heterocycles. The van der Waals surface area contributed by atoms with Gasteiger partial charge in [0.15, 0.2) is 5.82 Å². The molecule has 1 aromatic heterocycles. The summed E-state index contributed by atoms with van der Waals surface area (Å²) in [6.07, 6.45) is 6.39. The zero-order valence-corrected chi connectivity index (χ0v) is 10.8. The lowest BCUT2D eigenvalue weighted by molar-refractivity contribution is 0.342. The van der Waals surface area contributed by atoms with Gasteiger partial charge in [0.2, 0.25) is 5.28 Å². The van der Waals surface area contributed by atoms with Crippen molar-refractivity contribution in [2.75, 3.05) is 11.1 Å². The maximum Gasteiger partial charge on any atom is 0.224 e. The Balaban J connectivity index is 1.92. The van der Waals surface area contributed by atoms with Crippen LogP contribution in [0, 0.1) is 17.2 Å². The highest BCUT2D eigenvalue weighted by Crippen LogP contribution is 2.29. The van der Waals surface area contributed by atoms with Crippen LogP contribution in [-0.4, -0.2) is 16.0 Å². The molecule has 1 heterocycles. The number of nitrogens with two attached hydrogens (primary N) is 1. The third kappa shape index (κ3) is 3.23. The minimum atomic E-state index is 0.199. The maximum atomic E-state index is 8.67. The van der Waals surface area contributed by atoms with Crippen LogP contribution in [0.25, 0.3) is 0 Å². The molecule has 0 spiro atoms. The molecular weight excluding hydrogens is 250 g/mol. The van der Waals surface area contributed by atoms with E-state index in [0.29, 0.717) is 29.9 Å². The molecule has 3 N–H and O–H groups in total. The van der Waals surface area contributed by atoms with E-state index in [9.17, 15) is 0 Å². The molecule has 0 unspecified atom stereocenters. The Morgan fingerprint density at radius 2 is 2.17 bits per heavy atom. The third-order valence-corrected chi connectivity index (χ3v) is 3.54. The number of hydrogen-bond donors (Lipinski definition) is 2. The summed E-state index contributed by atoms with van der Waals surface area (Å²) in [5.74, 6) is 1.15. The molecule has 1 fully saturated rings. The lowest BCUT2D eigenvalue weighted by Gasteiger charge is -2.28. The quantitative estimate of drug-likeness (QED) is 0.820. The number of rotatable bonds is 3. The Labute approximate surface area is 111 Å². The van der Waals surface area contributed by atoms with Crippen molar-refractivity contribution in [1.29, 1.82) is 5.26 Å². The zero-order chi connectivity index (χ0) is 13.0. The van der Waals surface area contributed by atoms with E-state index in [1.807, 2.05) is 0 Å². The van der Waals surface area contributed by atoms with Crippen molar-refractivity contribution < 1.29 is 0 Å². The summed E-state index contributed by atoms with van der Waals surface area (Å²) in [7, 11) is 0. The van der Waals surface area contributed by atoms with E-state index in [1.165, 1.54) is 6.20 Å². The fourth-order valence-electron chi connectivity index (χ4n) is 2.32. The normalized spacial score (nSPS) is 23.3. The molecule has 0 aromatic carbocycles. The fourth-order valence-corrected chi connectivity index (χ4v) is 2.45. The van der Waals surface area contributed by atoms with Crippen LogP contribution in [0.15, 0.2) is 6.20 Å². The van der Waals surface area contributed by atoms with Gasteiger partial charge in [0.05, 0.1) is 18.0 Å². The summed E-state index contributed by atoms with van der Waals surface area (Å²) in [5.41, 5.74) is 6.30. The van der Waals surface area contributed by atoms with Gasteiger partial charge in [-0.25, -0.2) is 4.98 Å². The van der Waals surface area contributed by atoms with Gasteiger partial charge in [0, 0.05) is 12.5 Å². The average Bonchev–Trinajstić information content (AvgIpc) is 2.37. The molecule has 1 saturated carbocycles. The van der Waals surface area contributed by atoms with E-state index in [4.69, 9.17) is 22.6 Å². The first-order chi connectivity index (χ1) is 8.69. The second-order valence-corrected chi connectivity index (χ2v) is 5.01. The topological polar surface area (TPSA) is 87.6 Å². The van der Waals surface area contributed by atoms with E-state index in [0.717, 1.165) is 25.7 Å². The van der Waals surface area contributed by atoms with Crippen molar-refractivity contribution in [1.82, 2.24) is 9.97 Å². The van der Waals surface area contributed by atoms with Crippen molar-refractivity contribution in [2.45, 2.75) is 38.1 Å². The summed E-state index contributed by atoms with van der Waals surface area (Å²) in [5, 5.41) is 12.2. The molecule has 5 nitrogen and oxygen atoms in total.